The third-order valence-electron chi connectivity index (χ3n) is 5.22. The molecule has 1 aromatic carbocycles. The molecule has 0 aromatic heterocycles. The third kappa shape index (κ3) is 4.13. The van der Waals surface area contributed by atoms with E-state index in [9.17, 15) is 14.0 Å². The van der Waals surface area contributed by atoms with E-state index < -0.39 is 11.4 Å². The molecule has 1 fully saturated rings. The highest BCUT2D eigenvalue weighted by molar-refractivity contribution is 5.92. The van der Waals surface area contributed by atoms with Crippen molar-refractivity contribution in [3.8, 4) is 0 Å². The summed E-state index contributed by atoms with van der Waals surface area (Å²) in [4.78, 5) is 27.5. The summed E-state index contributed by atoms with van der Waals surface area (Å²) in [5, 5.41) is 0. The topological polar surface area (TPSA) is 65.1 Å². The first kappa shape index (κ1) is 20.2. The van der Waals surface area contributed by atoms with Gasteiger partial charge >= 0.3 is 5.97 Å². The van der Waals surface area contributed by atoms with Crippen molar-refractivity contribution in [1.29, 1.82) is 0 Å². The molecule has 3 rings (SSSR count). The quantitative estimate of drug-likeness (QED) is 0.722. The molecule has 2 aliphatic rings. The number of allylic oxidation sites excluding steroid dienone is 1. The number of ether oxygens (including phenoxy) is 3. The predicted octanol–water partition coefficient (Wildman–Crippen LogP) is 2.82. The third-order valence-corrected chi connectivity index (χ3v) is 5.22. The lowest BCUT2D eigenvalue weighted by Gasteiger charge is -2.41. The Morgan fingerprint density at radius 1 is 1.25 bits per heavy atom. The number of hydrogen-bond donors (Lipinski definition) is 0. The molecular weight excluding hydrogens is 365 g/mol. The van der Waals surface area contributed by atoms with Gasteiger partial charge in [0.05, 0.1) is 12.0 Å². The average molecular weight is 391 g/mol. The lowest BCUT2D eigenvalue weighted by molar-refractivity contribution is -0.161. The zero-order chi connectivity index (χ0) is 20.1. The van der Waals surface area contributed by atoms with Crippen LogP contribution in [-0.2, 0) is 30.2 Å². The number of amides is 1. The van der Waals surface area contributed by atoms with Gasteiger partial charge in [0, 0.05) is 13.1 Å². The monoisotopic (exact) mass is 391 g/mol. The maximum Gasteiger partial charge on any atom is 0.314 e. The Labute approximate surface area is 164 Å². The van der Waals surface area contributed by atoms with Gasteiger partial charge in [0.1, 0.15) is 24.8 Å². The summed E-state index contributed by atoms with van der Waals surface area (Å²) < 4.78 is 30.5. The van der Waals surface area contributed by atoms with Gasteiger partial charge in [-0.3, -0.25) is 9.59 Å². The lowest BCUT2D eigenvalue weighted by Crippen LogP contribution is -2.52. The van der Waals surface area contributed by atoms with E-state index in [0.717, 1.165) is 0 Å². The highest BCUT2D eigenvalue weighted by atomic mass is 19.1. The van der Waals surface area contributed by atoms with E-state index in [1.807, 2.05) is 0 Å². The van der Waals surface area contributed by atoms with Crippen molar-refractivity contribution in [3.05, 3.63) is 47.2 Å². The summed E-state index contributed by atoms with van der Waals surface area (Å²) in [6.07, 6.45) is 1.32. The second-order valence-corrected chi connectivity index (χ2v) is 7.18. The number of carbonyl (C=O) groups is 2. The van der Waals surface area contributed by atoms with Crippen molar-refractivity contribution in [3.63, 3.8) is 0 Å². The summed E-state index contributed by atoms with van der Waals surface area (Å²) in [5.74, 6) is -0.451. The number of carbonyl (C=O) groups excluding carboxylic acids is 2. The molecule has 6 nitrogen and oxygen atoms in total. The van der Waals surface area contributed by atoms with Crippen LogP contribution in [0.1, 0.15) is 32.3 Å². The molecule has 7 heteroatoms. The van der Waals surface area contributed by atoms with E-state index >= 15 is 0 Å². The van der Waals surface area contributed by atoms with Crippen molar-refractivity contribution < 1.29 is 28.2 Å². The van der Waals surface area contributed by atoms with Gasteiger partial charge in [-0.05, 0) is 44.7 Å². The summed E-state index contributed by atoms with van der Waals surface area (Å²) in [6.45, 7) is 5.02. The first-order chi connectivity index (χ1) is 13.5. The summed E-state index contributed by atoms with van der Waals surface area (Å²) in [5.41, 5.74) is -0.548. The normalized spacial score (nSPS) is 22.3. The van der Waals surface area contributed by atoms with Gasteiger partial charge in [-0.1, -0.05) is 18.2 Å². The maximum absolute atomic E-state index is 14.3. The zero-order valence-electron chi connectivity index (χ0n) is 16.3. The summed E-state index contributed by atoms with van der Waals surface area (Å²) >= 11 is 0. The lowest BCUT2D eigenvalue weighted by atomic mass is 9.75. The Morgan fingerprint density at radius 2 is 2.00 bits per heavy atom. The van der Waals surface area contributed by atoms with Crippen molar-refractivity contribution in [1.82, 2.24) is 4.90 Å². The summed E-state index contributed by atoms with van der Waals surface area (Å²) in [6, 6.07) is 6.40. The molecular formula is C21H26FNO5. The second kappa shape index (κ2) is 8.63. The number of nitrogens with zero attached hydrogens (tertiary/aromatic N) is 1. The van der Waals surface area contributed by atoms with Gasteiger partial charge in [0.2, 0.25) is 5.76 Å². The molecule has 0 spiro atoms. The zero-order valence-corrected chi connectivity index (χ0v) is 16.3. The van der Waals surface area contributed by atoms with Crippen molar-refractivity contribution in [2.45, 2.75) is 33.1 Å². The van der Waals surface area contributed by atoms with Crippen molar-refractivity contribution >= 4 is 11.9 Å². The molecule has 1 saturated heterocycles. The van der Waals surface area contributed by atoms with Crippen LogP contribution in [0.25, 0.3) is 0 Å². The van der Waals surface area contributed by atoms with Gasteiger partial charge < -0.3 is 19.1 Å². The number of hydrogen-bond acceptors (Lipinski definition) is 5. The number of esters is 1. The molecule has 2 heterocycles. The molecule has 0 aliphatic carbocycles. The fraction of sp³-hybridized carbons (Fsp3) is 0.524. The number of benzene rings is 1. The minimum atomic E-state index is -0.990. The first-order valence-corrected chi connectivity index (χ1v) is 9.63. The highest BCUT2D eigenvalue weighted by Crippen LogP contribution is 2.36. The Hall–Kier alpha value is -2.57. The number of rotatable bonds is 5. The molecule has 1 aromatic rings. The van der Waals surface area contributed by atoms with E-state index in [-0.39, 0.29) is 37.1 Å². The van der Waals surface area contributed by atoms with Gasteiger partial charge in [0.25, 0.3) is 5.91 Å². The van der Waals surface area contributed by atoms with Crippen LogP contribution in [0.15, 0.2) is 35.8 Å². The van der Waals surface area contributed by atoms with Crippen LogP contribution in [0, 0.1) is 11.2 Å². The second-order valence-electron chi connectivity index (χ2n) is 7.18. The van der Waals surface area contributed by atoms with Crippen LogP contribution >= 0.6 is 0 Å². The molecule has 0 radical (unpaired) electrons. The summed E-state index contributed by atoms with van der Waals surface area (Å²) in [7, 11) is 0. The predicted molar refractivity (Wildman–Crippen MR) is 99.6 cm³/mol. The number of halogens is 1. The Morgan fingerprint density at radius 3 is 2.71 bits per heavy atom. The molecule has 28 heavy (non-hydrogen) atoms. The van der Waals surface area contributed by atoms with Crippen LogP contribution < -0.4 is 0 Å². The minimum Gasteiger partial charge on any atom is -0.491 e. The molecule has 2 aliphatic heterocycles. The van der Waals surface area contributed by atoms with Crippen LogP contribution in [0.4, 0.5) is 4.39 Å². The van der Waals surface area contributed by atoms with E-state index in [1.54, 1.807) is 36.9 Å². The standard InChI is InChI=1S/C21H26FNO5/c1-3-26-20(25)21(13-16-7-4-5-8-17(16)22)9-6-10-23(14-21)19(24)18-15(2)27-11-12-28-18/h4-5,7-8H,3,6,9-14H2,1-2H3/t21-/m0/s1. The van der Waals surface area contributed by atoms with Gasteiger partial charge in [-0.15, -0.1) is 0 Å². The van der Waals surface area contributed by atoms with E-state index in [0.29, 0.717) is 43.9 Å². The minimum absolute atomic E-state index is 0.152. The van der Waals surface area contributed by atoms with E-state index in [1.165, 1.54) is 6.07 Å². The van der Waals surface area contributed by atoms with Gasteiger partial charge in [-0.2, -0.15) is 0 Å². The number of piperidine rings is 1. The van der Waals surface area contributed by atoms with Crippen molar-refractivity contribution in [2.75, 3.05) is 32.9 Å². The SMILES string of the molecule is CCOC(=O)[C@]1(Cc2ccccc2F)CCCN(C(=O)C2=C(C)OCCO2)C1. The smallest absolute Gasteiger partial charge is 0.314 e. The van der Waals surface area contributed by atoms with E-state index in [2.05, 4.69) is 0 Å². The molecule has 0 N–H and O–H groups in total. The first-order valence-electron chi connectivity index (χ1n) is 9.63. The molecule has 1 atom stereocenters. The van der Waals surface area contributed by atoms with E-state index in [4.69, 9.17) is 14.2 Å². The Kier molecular flexibility index (Phi) is 6.21. The van der Waals surface area contributed by atoms with Gasteiger partial charge in [0.15, 0.2) is 0 Å². The van der Waals surface area contributed by atoms with Gasteiger partial charge in [-0.25, -0.2) is 4.39 Å². The molecule has 0 bridgehead atoms. The fourth-order valence-corrected chi connectivity index (χ4v) is 3.84. The fourth-order valence-electron chi connectivity index (χ4n) is 3.84. The average Bonchev–Trinajstić information content (AvgIpc) is 2.70. The van der Waals surface area contributed by atoms with Crippen molar-refractivity contribution in [2.24, 2.45) is 5.41 Å². The number of likely N-dealkylation sites (tertiary alicyclic amines) is 1. The molecule has 0 saturated carbocycles. The van der Waals surface area contributed by atoms with Crippen LogP contribution in [0.5, 0.6) is 0 Å². The largest absolute Gasteiger partial charge is 0.491 e. The van der Waals surface area contributed by atoms with Crippen LogP contribution in [0.3, 0.4) is 0 Å². The Bertz CT molecular complexity index is 778. The highest BCUT2D eigenvalue weighted by Gasteiger charge is 2.46. The van der Waals surface area contributed by atoms with Crippen LogP contribution in [0.2, 0.25) is 0 Å². The maximum atomic E-state index is 14.3. The Balaban J connectivity index is 1.88. The molecule has 0 unspecified atom stereocenters. The van der Waals surface area contributed by atoms with Crippen LogP contribution in [-0.4, -0.2) is 49.7 Å². The molecule has 152 valence electrons. The molecule has 1 amide bonds.